The van der Waals surface area contributed by atoms with Crippen LogP contribution < -0.4 is 4.74 Å². The first kappa shape index (κ1) is 8.82. The van der Waals surface area contributed by atoms with Crippen molar-refractivity contribution < 1.29 is 22.5 Å². The molecule has 0 saturated heterocycles. The average Bonchev–Trinajstić information content (AvgIpc) is 2.31. The summed E-state index contributed by atoms with van der Waals surface area (Å²) in [4.78, 5) is 0. The Kier molecular flexibility index (Phi) is 2.20. The van der Waals surface area contributed by atoms with Crippen molar-refractivity contribution in [3.63, 3.8) is 0 Å². The van der Waals surface area contributed by atoms with Gasteiger partial charge in [-0.25, -0.2) is 4.63 Å². The van der Waals surface area contributed by atoms with E-state index in [2.05, 4.69) is 19.7 Å². The minimum atomic E-state index is -4.75. The molecule has 0 amide bonds. The molecule has 68 valence electrons. The van der Waals surface area contributed by atoms with Crippen LogP contribution in [0.4, 0.5) is 13.2 Å². The first-order valence-electron chi connectivity index (χ1n) is 3.10. The molecule has 0 unspecified atom stereocenters. The van der Waals surface area contributed by atoms with Crippen LogP contribution in [-0.2, 0) is 6.42 Å². The van der Waals surface area contributed by atoms with Crippen molar-refractivity contribution >= 4 is 0 Å². The molecule has 0 atom stereocenters. The summed E-state index contributed by atoms with van der Waals surface area (Å²) in [5.41, 5.74) is 0.0484. The van der Waals surface area contributed by atoms with E-state index in [-0.39, 0.29) is 12.1 Å². The molecule has 0 spiro atoms. The molecule has 0 bridgehead atoms. The van der Waals surface area contributed by atoms with Crippen molar-refractivity contribution in [1.82, 2.24) is 10.3 Å². The van der Waals surface area contributed by atoms with Gasteiger partial charge in [-0.1, -0.05) is 12.1 Å². The second-order valence-corrected chi connectivity index (χ2v) is 1.92. The van der Waals surface area contributed by atoms with Crippen molar-refractivity contribution in [3.05, 3.63) is 5.69 Å². The van der Waals surface area contributed by atoms with Crippen molar-refractivity contribution in [2.45, 2.75) is 19.7 Å². The molecule has 0 saturated carbocycles. The smallest absolute Gasteiger partial charge is 0.382 e. The fourth-order valence-corrected chi connectivity index (χ4v) is 0.601. The Morgan fingerprint density at radius 1 is 1.42 bits per heavy atom. The number of aryl methyl sites for hydroxylation is 1. The van der Waals surface area contributed by atoms with Crippen molar-refractivity contribution in [3.8, 4) is 5.88 Å². The Bertz CT molecular complexity index is 257. The summed E-state index contributed by atoms with van der Waals surface area (Å²) in [6, 6.07) is 0. The van der Waals surface area contributed by atoms with E-state index < -0.39 is 12.2 Å². The summed E-state index contributed by atoms with van der Waals surface area (Å²) in [6.07, 6.45) is -4.47. The summed E-state index contributed by atoms with van der Waals surface area (Å²) in [6.45, 7) is 1.61. The lowest BCUT2D eigenvalue weighted by molar-refractivity contribution is -0.276. The number of hydrogen-bond donors (Lipinski definition) is 0. The Labute approximate surface area is 65.3 Å². The van der Waals surface area contributed by atoms with E-state index in [9.17, 15) is 13.2 Å². The molecule has 0 fully saturated rings. The molecule has 1 rings (SSSR count). The average molecular weight is 182 g/mol. The monoisotopic (exact) mass is 182 g/mol. The number of hydrogen-bond acceptors (Lipinski definition) is 4. The van der Waals surface area contributed by atoms with Crippen LogP contribution in [0.3, 0.4) is 0 Å². The Morgan fingerprint density at radius 3 is 2.58 bits per heavy atom. The second-order valence-electron chi connectivity index (χ2n) is 1.92. The third-order valence-corrected chi connectivity index (χ3v) is 1.07. The molecule has 12 heavy (non-hydrogen) atoms. The summed E-state index contributed by atoms with van der Waals surface area (Å²) in [5.74, 6) is -0.620. The highest BCUT2D eigenvalue weighted by Gasteiger charge is 2.33. The highest BCUT2D eigenvalue weighted by molar-refractivity contribution is 5.13. The maximum atomic E-state index is 11.6. The highest BCUT2D eigenvalue weighted by atomic mass is 19.4. The SMILES string of the molecule is CCc1nonc1OC(F)(F)F. The quantitative estimate of drug-likeness (QED) is 0.695. The molecule has 0 aromatic carbocycles. The Hall–Kier alpha value is -1.27. The van der Waals surface area contributed by atoms with Gasteiger partial charge in [-0.3, -0.25) is 0 Å². The lowest BCUT2D eigenvalue weighted by Gasteiger charge is -2.04. The van der Waals surface area contributed by atoms with Crippen LogP contribution in [0.25, 0.3) is 0 Å². The van der Waals surface area contributed by atoms with E-state index in [4.69, 9.17) is 0 Å². The van der Waals surface area contributed by atoms with Gasteiger partial charge in [0.25, 0.3) is 5.88 Å². The maximum absolute atomic E-state index is 11.6. The molecule has 0 aliphatic carbocycles. The molecule has 0 N–H and O–H groups in total. The third kappa shape index (κ3) is 2.11. The van der Waals surface area contributed by atoms with Gasteiger partial charge in [0.2, 0.25) is 0 Å². The molecular formula is C5H5F3N2O2. The molecule has 0 radical (unpaired) electrons. The maximum Gasteiger partial charge on any atom is 0.574 e. The van der Waals surface area contributed by atoms with Gasteiger partial charge in [0.15, 0.2) is 0 Å². The van der Waals surface area contributed by atoms with Gasteiger partial charge in [-0.2, -0.15) is 0 Å². The molecule has 0 aliphatic heterocycles. The molecule has 1 aromatic rings. The van der Waals surface area contributed by atoms with E-state index in [0.29, 0.717) is 0 Å². The van der Waals surface area contributed by atoms with E-state index in [1.54, 1.807) is 6.92 Å². The third-order valence-electron chi connectivity index (χ3n) is 1.07. The van der Waals surface area contributed by atoms with Crippen molar-refractivity contribution in [1.29, 1.82) is 0 Å². The number of rotatable bonds is 2. The lowest BCUT2D eigenvalue weighted by Crippen LogP contribution is -2.18. The van der Waals surface area contributed by atoms with Crippen molar-refractivity contribution in [2.24, 2.45) is 0 Å². The van der Waals surface area contributed by atoms with Crippen LogP contribution in [-0.4, -0.2) is 16.7 Å². The van der Waals surface area contributed by atoms with Crippen LogP contribution in [0.5, 0.6) is 5.88 Å². The van der Waals surface area contributed by atoms with Crippen LogP contribution in [0, 0.1) is 0 Å². The topological polar surface area (TPSA) is 48.2 Å². The van der Waals surface area contributed by atoms with E-state index in [1.165, 1.54) is 0 Å². The zero-order chi connectivity index (χ0) is 9.19. The largest absolute Gasteiger partial charge is 0.574 e. The zero-order valence-corrected chi connectivity index (χ0v) is 6.05. The number of alkyl halides is 3. The Balaban J connectivity index is 2.75. The molecule has 1 heterocycles. The minimum absolute atomic E-state index is 0.0484. The number of halogens is 3. The van der Waals surface area contributed by atoms with Crippen LogP contribution >= 0.6 is 0 Å². The fraction of sp³-hybridized carbons (Fsp3) is 0.600. The van der Waals surface area contributed by atoms with E-state index in [1.807, 2.05) is 0 Å². The first-order chi connectivity index (χ1) is 5.53. The molecule has 7 heteroatoms. The molecule has 4 nitrogen and oxygen atoms in total. The zero-order valence-electron chi connectivity index (χ0n) is 6.05. The molecule has 1 aromatic heterocycles. The minimum Gasteiger partial charge on any atom is -0.382 e. The van der Waals surface area contributed by atoms with E-state index in [0.717, 1.165) is 0 Å². The van der Waals surface area contributed by atoms with Gasteiger partial charge in [-0.05, 0) is 11.6 Å². The Morgan fingerprint density at radius 2 is 2.08 bits per heavy atom. The van der Waals surface area contributed by atoms with Gasteiger partial charge in [-0.15, -0.1) is 13.2 Å². The predicted octanol–water partition coefficient (Wildman–Crippen LogP) is 1.53. The molecular weight excluding hydrogens is 177 g/mol. The van der Waals surface area contributed by atoms with Gasteiger partial charge in [0.1, 0.15) is 5.69 Å². The van der Waals surface area contributed by atoms with Crippen LogP contribution in [0.15, 0.2) is 4.63 Å². The highest BCUT2D eigenvalue weighted by Crippen LogP contribution is 2.23. The fourth-order valence-electron chi connectivity index (χ4n) is 0.601. The molecule has 0 aliphatic rings. The van der Waals surface area contributed by atoms with Gasteiger partial charge in [0.05, 0.1) is 0 Å². The van der Waals surface area contributed by atoms with Crippen LogP contribution in [0.2, 0.25) is 0 Å². The van der Waals surface area contributed by atoms with Crippen molar-refractivity contribution in [2.75, 3.05) is 0 Å². The summed E-state index contributed by atoms with van der Waals surface area (Å²) in [7, 11) is 0. The summed E-state index contributed by atoms with van der Waals surface area (Å²) >= 11 is 0. The van der Waals surface area contributed by atoms with Gasteiger partial charge < -0.3 is 4.74 Å². The van der Waals surface area contributed by atoms with Gasteiger partial charge >= 0.3 is 6.36 Å². The summed E-state index contributed by atoms with van der Waals surface area (Å²) < 4.78 is 42.4. The number of ether oxygens (including phenoxy) is 1. The predicted molar refractivity (Wildman–Crippen MR) is 30.4 cm³/mol. The first-order valence-corrected chi connectivity index (χ1v) is 3.10. The number of aromatic nitrogens is 2. The number of nitrogens with zero attached hydrogens (tertiary/aromatic N) is 2. The normalized spacial score (nSPS) is 11.7. The lowest BCUT2D eigenvalue weighted by atomic mass is 10.4. The standard InChI is InChI=1S/C5H5F3N2O2/c1-2-3-4(10-12-9-3)11-5(6,7)8/h2H2,1H3. The summed E-state index contributed by atoms with van der Waals surface area (Å²) in [5, 5.41) is 6.15. The van der Waals surface area contributed by atoms with Gasteiger partial charge in [0, 0.05) is 0 Å². The van der Waals surface area contributed by atoms with Crippen LogP contribution in [0.1, 0.15) is 12.6 Å². The second kappa shape index (κ2) is 3.00. The van der Waals surface area contributed by atoms with E-state index >= 15 is 0 Å².